The number of rotatable bonds is 5. The zero-order chi connectivity index (χ0) is 14.5. The molecule has 0 spiro atoms. The lowest BCUT2D eigenvalue weighted by molar-refractivity contribution is -0.123. The maximum atomic E-state index is 11.8. The van der Waals surface area contributed by atoms with Gasteiger partial charge >= 0.3 is 0 Å². The molecule has 1 rings (SSSR count). The van der Waals surface area contributed by atoms with Gasteiger partial charge in [-0.05, 0) is 24.5 Å². The Bertz CT molecular complexity index is 404. The van der Waals surface area contributed by atoms with Crippen LogP contribution in [-0.4, -0.2) is 17.4 Å². The Kier molecular flexibility index (Phi) is 5.33. The van der Waals surface area contributed by atoms with Crippen LogP contribution in [0.3, 0.4) is 0 Å². The number of nitrogens with zero attached hydrogens (tertiary/aromatic N) is 1. The number of aromatic nitrogens is 1. The molecule has 0 saturated carbocycles. The Morgan fingerprint density at radius 2 is 2.00 bits per heavy atom. The first kappa shape index (κ1) is 15.5. The third-order valence-corrected chi connectivity index (χ3v) is 2.74. The van der Waals surface area contributed by atoms with Crippen molar-refractivity contribution in [2.75, 3.05) is 17.2 Å². The standard InChI is InChI=1S/C15H25N3O/c1-11(2)8-9-16-12-6-7-13(17-10-12)18-14(19)15(3,4)5/h6-7,10-11,16H,8-9H2,1-5H3,(H,17,18,19). The van der Waals surface area contributed by atoms with Gasteiger partial charge in [0.25, 0.3) is 0 Å². The summed E-state index contributed by atoms with van der Waals surface area (Å²) in [6.07, 6.45) is 2.88. The summed E-state index contributed by atoms with van der Waals surface area (Å²) in [6, 6.07) is 3.76. The van der Waals surface area contributed by atoms with Crippen LogP contribution in [0.4, 0.5) is 11.5 Å². The molecular formula is C15H25N3O. The van der Waals surface area contributed by atoms with Gasteiger partial charge in [-0.25, -0.2) is 4.98 Å². The Hall–Kier alpha value is -1.58. The lowest BCUT2D eigenvalue weighted by Gasteiger charge is -2.17. The average molecular weight is 263 g/mol. The van der Waals surface area contributed by atoms with Crippen LogP contribution in [0.5, 0.6) is 0 Å². The fourth-order valence-electron chi connectivity index (χ4n) is 1.38. The van der Waals surface area contributed by atoms with Crippen molar-refractivity contribution in [3.63, 3.8) is 0 Å². The topological polar surface area (TPSA) is 54.0 Å². The highest BCUT2D eigenvalue weighted by atomic mass is 16.2. The summed E-state index contributed by atoms with van der Waals surface area (Å²) in [5, 5.41) is 6.12. The summed E-state index contributed by atoms with van der Waals surface area (Å²) >= 11 is 0. The molecule has 2 N–H and O–H groups in total. The quantitative estimate of drug-likeness (QED) is 0.854. The molecule has 4 nitrogen and oxygen atoms in total. The molecule has 0 aliphatic carbocycles. The molecular weight excluding hydrogens is 238 g/mol. The summed E-state index contributed by atoms with van der Waals surface area (Å²) in [4.78, 5) is 16.0. The molecule has 0 unspecified atom stereocenters. The Balaban J connectivity index is 2.50. The van der Waals surface area contributed by atoms with Crippen molar-refractivity contribution < 1.29 is 4.79 Å². The first-order valence-corrected chi connectivity index (χ1v) is 6.80. The molecule has 0 aliphatic heterocycles. The van der Waals surface area contributed by atoms with Gasteiger partial charge < -0.3 is 10.6 Å². The number of hydrogen-bond acceptors (Lipinski definition) is 3. The highest BCUT2D eigenvalue weighted by Gasteiger charge is 2.21. The molecule has 4 heteroatoms. The van der Waals surface area contributed by atoms with Crippen LogP contribution < -0.4 is 10.6 Å². The lowest BCUT2D eigenvalue weighted by atomic mass is 9.96. The van der Waals surface area contributed by atoms with Gasteiger partial charge in [0, 0.05) is 12.0 Å². The van der Waals surface area contributed by atoms with Crippen molar-refractivity contribution in [2.45, 2.75) is 41.0 Å². The van der Waals surface area contributed by atoms with E-state index in [1.165, 1.54) is 0 Å². The highest BCUT2D eigenvalue weighted by Crippen LogP contribution is 2.17. The Morgan fingerprint density at radius 3 is 2.47 bits per heavy atom. The van der Waals surface area contributed by atoms with E-state index in [4.69, 9.17) is 0 Å². The van der Waals surface area contributed by atoms with E-state index in [9.17, 15) is 4.79 Å². The van der Waals surface area contributed by atoms with Crippen molar-refractivity contribution in [1.82, 2.24) is 4.98 Å². The third kappa shape index (κ3) is 5.73. The molecule has 1 heterocycles. The van der Waals surface area contributed by atoms with Gasteiger partial charge in [0.1, 0.15) is 5.82 Å². The van der Waals surface area contributed by atoms with E-state index in [0.29, 0.717) is 11.7 Å². The van der Waals surface area contributed by atoms with Crippen LogP contribution in [0.1, 0.15) is 41.0 Å². The first-order valence-electron chi connectivity index (χ1n) is 6.80. The predicted octanol–water partition coefficient (Wildman–Crippen LogP) is 3.52. The monoisotopic (exact) mass is 263 g/mol. The second-order valence-electron chi connectivity index (χ2n) is 6.25. The van der Waals surface area contributed by atoms with Crippen LogP contribution in [0, 0.1) is 11.3 Å². The van der Waals surface area contributed by atoms with Gasteiger partial charge in [-0.2, -0.15) is 0 Å². The fourth-order valence-corrected chi connectivity index (χ4v) is 1.38. The van der Waals surface area contributed by atoms with Crippen LogP contribution in [0.25, 0.3) is 0 Å². The number of nitrogens with one attached hydrogen (secondary N) is 2. The second-order valence-corrected chi connectivity index (χ2v) is 6.25. The lowest BCUT2D eigenvalue weighted by Crippen LogP contribution is -2.27. The second kappa shape index (κ2) is 6.55. The summed E-state index contributed by atoms with van der Waals surface area (Å²) in [5.41, 5.74) is 0.574. The molecule has 0 aliphatic rings. The molecule has 0 atom stereocenters. The summed E-state index contributed by atoms with van der Waals surface area (Å²) in [6.45, 7) is 11.0. The van der Waals surface area contributed by atoms with Crippen LogP contribution >= 0.6 is 0 Å². The number of hydrogen-bond donors (Lipinski definition) is 2. The molecule has 0 fully saturated rings. The molecule has 1 aromatic rings. The molecule has 0 radical (unpaired) electrons. The van der Waals surface area contributed by atoms with Crippen LogP contribution in [0.2, 0.25) is 0 Å². The number of amides is 1. The van der Waals surface area contributed by atoms with E-state index in [1.807, 2.05) is 32.9 Å². The maximum Gasteiger partial charge on any atom is 0.230 e. The van der Waals surface area contributed by atoms with Crippen LogP contribution in [-0.2, 0) is 4.79 Å². The largest absolute Gasteiger partial charge is 0.384 e. The maximum absolute atomic E-state index is 11.8. The van der Waals surface area contributed by atoms with Gasteiger partial charge in [0.2, 0.25) is 5.91 Å². The minimum absolute atomic E-state index is 0.0273. The molecule has 19 heavy (non-hydrogen) atoms. The van der Waals surface area contributed by atoms with Gasteiger partial charge in [-0.1, -0.05) is 34.6 Å². The molecule has 0 aromatic carbocycles. The van der Waals surface area contributed by atoms with Crippen molar-refractivity contribution in [2.24, 2.45) is 11.3 Å². The van der Waals surface area contributed by atoms with Crippen LogP contribution in [0.15, 0.2) is 18.3 Å². The van der Waals surface area contributed by atoms with Crippen molar-refractivity contribution in [3.8, 4) is 0 Å². The minimum Gasteiger partial charge on any atom is -0.384 e. The van der Waals surface area contributed by atoms with E-state index in [0.717, 1.165) is 18.7 Å². The number of anilines is 2. The van der Waals surface area contributed by atoms with E-state index in [1.54, 1.807) is 6.20 Å². The zero-order valence-electron chi connectivity index (χ0n) is 12.6. The zero-order valence-corrected chi connectivity index (χ0v) is 12.6. The van der Waals surface area contributed by atoms with Gasteiger partial charge in [0.15, 0.2) is 0 Å². The predicted molar refractivity (Wildman–Crippen MR) is 80.3 cm³/mol. The number of carbonyl (C=O) groups is 1. The number of pyridine rings is 1. The van der Waals surface area contributed by atoms with E-state index < -0.39 is 5.41 Å². The molecule has 106 valence electrons. The summed E-state index contributed by atoms with van der Waals surface area (Å²) in [7, 11) is 0. The molecule has 0 saturated heterocycles. The third-order valence-electron chi connectivity index (χ3n) is 2.74. The van der Waals surface area contributed by atoms with Gasteiger partial charge in [-0.15, -0.1) is 0 Å². The van der Waals surface area contributed by atoms with Gasteiger partial charge in [0.05, 0.1) is 11.9 Å². The summed E-state index contributed by atoms with van der Waals surface area (Å²) in [5.74, 6) is 1.25. The van der Waals surface area contributed by atoms with E-state index in [2.05, 4.69) is 29.5 Å². The number of carbonyl (C=O) groups excluding carboxylic acids is 1. The first-order chi connectivity index (χ1) is 8.79. The smallest absolute Gasteiger partial charge is 0.230 e. The van der Waals surface area contributed by atoms with Crippen molar-refractivity contribution in [3.05, 3.63) is 18.3 Å². The Morgan fingerprint density at radius 1 is 1.32 bits per heavy atom. The van der Waals surface area contributed by atoms with Crippen molar-refractivity contribution >= 4 is 17.4 Å². The molecule has 1 aromatic heterocycles. The highest BCUT2D eigenvalue weighted by molar-refractivity contribution is 5.93. The summed E-state index contributed by atoms with van der Waals surface area (Å²) < 4.78 is 0. The van der Waals surface area contributed by atoms with Gasteiger partial charge in [-0.3, -0.25) is 4.79 Å². The fraction of sp³-hybridized carbons (Fsp3) is 0.600. The SMILES string of the molecule is CC(C)CCNc1ccc(NC(=O)C(C)(C)C)nc1. The minimum atomic E-state index is -0.407. The van der Waals surface area contributed by atoms with E-state index >= 15 is 0 Å². The van der Waals surface area contributed by atoms with Crippen molar-refractivity contribution in [1.29, 1.82) is 0 Å². The Labute approximate surface area is 116 Å². The molecule has 0 bridgehead atoms. The van der Waals surface area contributed by atoms with E-state index in [-0.39, 0.29) is 5.91 Å². The molecule has 1 amide bonds. The average Bonchev–Trinajstić information content (AvgIpc) is 2.29. The normalized spacial score (nSPS) is 11.5.